The van der Waals surface area contributed by atoms with Crippen molar-refractivity contribution >= 4 is 11.5 Å². The van der Waals surface area contributed by atoms with Gasteiger partial charge in [0.15, 0.2) is 6.10 Å². The van der Waals surface area contributed by atoms with Crippen molar-refractivity contribution in [1.29, 1.82) is 0 Å². The Balaban J connectivity index is 2.13. The zero-order valence-corrected chi connectivity index (χ0v) is 10.6. The predicted molar refractivity (Wildman–Crippen MR) is 70.6 cm³/mol. The average Bonchev–Trinajstić information content (AvgIpc) is 2.71. The van der Waals surface area contributed by atoms with E-state index >= 15 is 0 Å². The lowest BCUT2D eigenvalue weighted by Crippen LogP contribution is -2.35. The summed E-state index contributed by atoms with van der Waals surface area (Å²) in [5, 5.41) is 0. The lowest BCUT2D eigenvalue weighted by molar-refractivity contribution is 0.270. The highest BCUT2D eigenvalue weighted by atomic mass is 16.5. The fourth-order valence-corrected chi connectivity index (χ4v) is 1.99. The molecule has 17 heavy (non-hydrogen) atoms. The number of hydrogen-bond donors (Lipinski definition) is 1. The molecule has 1 aliphatic rings. The van der Waals surface area contributed by atoms with Gasteiger partial charge in [-0.2, -0.15) is 0 Å². The van der Waals surface area contributed by atoms with E-state index in [4.69, 9.17) is 10.5 Å². The monoisotopic (exact) mass is 233 g/mol. The summed E-state index contributed by atoms with van der Waals surface area (Å²) in [6.45, 7) is 5.81. The Morgan fingerprint density at radius 3 is 2.88 bits per heavy atom. The predicted octanol–water partition coefficient (Wildman–Crippen LogP) is 1.69. The standard InChI is InChI=1S/C13H19N3O/c1-9-11(14)5-4-6-12(9)17-10(2)13-15-7-8-16(13)3/h4-6,10H,7-8,14H2,1-3H3. The van der Waals surface area contributed by atoms with Crippen molar-refractivity contribution < 1.29 is 4.74 Å². The van der Waals surface area contributed by atoms with Crippen LogP contribution < -0.4 is 10.5 Å². The van der Waals surface area contributed by atoms with E-state index in [1.807, 2.05) is 39.1 Å². The zero-order valence-electron chi connectivity index (χ0n) is 10.6. The fraction of sp³-hybridized carbons (Fsp3) is 0.462. The molecule has 0 spiro atoms. The van der Waals surface area contributed by atoms with Gasteiger partial charge in [0.25, 0.3) is 0 Å². The number of benzene rings is 1. The van der Waals surface area contributed by atoms with Gasteiger partial charge in [-0.15, -0.1) is 0 Å². The first kappa shape index (κ1) is 11.8. The van der Waals surface area contributed by atoms with Crippen molar-refractivity contribution in [2.45, 2.75) is 20.0 Å². The van der Waals surface area contributed by atoms with Crippen LogP contribution in [0, 0.1) is 6.92 Å². The molecular formula is C13H19N3O. The minimum absolute atomic E-state index is 0.0389. The summed E-state index contributed by atoms with van der Waals surface area (Å²) in [6, 6.07) is 5.73. The van der Waals surface area contributed by atoms with E-state index in [2.05, 4.69) is 9.89 Å². The van der Waals surface area contributed by atoms with Crippen molar-refractivity contribution in [3.8, 4) is 5.75 Å². The molecule has 0 fully saturated rings. The summed E-state index contributed by atoms with van der Waals surface area (Å²) < 4.78 is 5.93. The van der Waals surface area contributed by atoms with E-state index < -0.39 is 0 Å². The molecule has 0 saturated carbocycles. The Labute approximate surface area is 102 Å². The third-order valence-electron chi connectivity index (χ3n) is 3.09. The SMILES string of the molecule is Cc1c(N)cccc1OC(C)C1=NCCN1C. The first-order chi connectivity index (χ1) is 8.09. The van der Waals surface area contributed by atoms with Gasteiger partial charge in [-0.05, 0) is 26.0 Å². The normalized spacial score (nSPS) is 16.9. The molecule has 1 unspecified atom stereocenters. The molecule has 0 aliphatic carbocycles. The number of rotatable bonds is 3. The van der Waals surface area contributed by atoms with E-state index in [0.717, 1.165) is 35.9 Å². The van der Waals surface area contributed by atoms with E-state index in [9.17, 15) is 0 Å². The Hall–Kier alpha value is -1.71. The van der Waals surface area contributed by atoms with Gasteiger partial charge in [0, 0.05) is 24.8 Å². The van der Waals surface area contributed by atoms with E-state index in [1.54, 1.807) is 0 Å². The Kier molecular flexibility index (Phi) is 3.22. The van der Waals surface area contributed by atoms with Gasteiger partial charge in [-0.3, -0.25) is 4.99 Å². The minimum atomic E-state index is -0.0389. The number of nitrogens with two attached hydrogens (primary N) is 1. The van der Waals surface area contributed by atoms with E-state index in [1.165, 1.54) is 0 Å². The van der Waals surface area contributed by atoms with Gasteiger partial charge in [0.2, 0.25) is 0 Å². The third-order valence-corrected chi connectivity index (χ3v) is 3.09. The summed E-state index contributed by atoms with van der Waals surface area (Å²) in [5.41, 5.74) is 7.60. The lowest BCUT2D eigenvalue weighted by atomic mass is 10.2. The zero-order chi connectivity index (χ0) is 12.4. The van der Waals surface area contributed by atoms with Crippen LogP contribution >= 0.6 is 0 Å². The van der Waals surface area contributed by atoms with E-state index in [0.29, 0.717) is 0 Å². The number of likely N-dealkylation sites (N-methyl/N-ethyl adjacent to an activating group) is 1. The molecule has 0 aromatic heterocycles. The van der Waals surface area contributed by atoms with Crippen LogP contribution in [0.2, 0.25) is 0 Å². The molecular weight excluding hydrogens is 214 g/mol. The molecule has 1 aromatic carbocycles. The number of aliphatic imine (C=N–C) groups is 1. The maximum Gasteiger partial charge on any atom is 0.153 e. The topological polar surface area (TPSA) is 50.9 Å². The number of ether oxygens (including phenoxy) is 1. The second-order valence-corrected chi connectivity index (χ2v) is 4.39. The highest BCUT2D eigenvalue weighted by Crippen LogP contribution is 2.24. The summed E-state index contributed by atoms with van der Waals surface area (Å²) in [5.74, 6) is 1.84. The molecule has 1 aromatic rings. The number of hydrogen-bond acceptors (Lipinski definition) is 4. The molecule has 1 atom stereocenters. The van der Waals surface area contributed by atoms with Gasteiger partial charge >= 0.3 is 0 Å². The number of nitrogens with zero attached hydrogens (tertiary/aromatic N) is 2. The second kappa shape index (κ2) is 4.65. The van der Waals surface area contributed by atoms with Crippen LogP contribution in [0.1, 0.15) is 12.5 Å². The molecule has 0 radical (unpaired) electrons. The first-order valence-corrected chi connectivity index (χ1v) is 5.87. The maximum absolute atomic E-state index is 5.93. The highest BCUT2D eigenvalue weighted by molar-refractivity contribution is 5.87. The number of nitrogen functional groups attached to an aromatic ring is 1. The van der Waals surface area contributed by atoms with Gasteiger partial charge in [-0.25, -0.2) is 0 Å². The van der Waals surface area contributed by atoms with Crippen molar-refractivity contribution in [2.24, 2.45) is 4.99 Å². The van der Waals surface area contributed by atoms with Crippen LogP contribution in [0.5, 0.6) is 5.75 Å². The van der Waals surface area contributed by atoms with Gasteiger partial charge in [0.05, 0.1) is 6.54 Å². The molecule has 0 amide bonds. The molecule has 2 N–H and O–H groups in total. The van der Waals surface area contributed by atoms with Crippen molar-refractivity contribution in [3.63, 3.8) is 0 Å². The third kappa shape index (κ3) is 2.35. The molecule has 92 valence electrons. The second-order valence-electron chi connectivity index (χ2n) is 4.39. The summed E-state index contributed by atoms with van der Waals surface area (Å²) in [6.07, 6.45) is -0.0389. The smallest absolute Gasteiger partial charge is 0.153 e. The van der Waals surface area contributed by atoms with Crippen LogP contribution in [0.3, 0.4) is 0 Å². The van der Waals surface area contributed by atoms with E-state index in [-0.39, 0.29) is 6.10 Å². The van der Waals surface area contributed by atoms with Crippen molar-refractivity contribution in [1.82, 2.24) is 4.90 Å². The minimum Gasteiger partial charge on any atom is -0.482 e. The largest absolute Gasteiger partial charge is 0.482 e. The van der Waals surface area contributed by atoms with Crippen LogP contribution in [-0.4, -0.2) is 37.0 Å². The molecule has 0 bridgehead atoms. The van der Waals surface area contributed by atoms with Gasteiger partial charge in [-0.1, -0.05) is 6.07 Å². The summed E-state index contributed by atoms with van der Waals surface area (Å²) >= 11 is 0. The van der Waals surface area contributed by atoms with Crippen LogP contribution in [0.4, 0.5) is 5.69 Å². The van der Waals surface area contributed by atoms with Crippen molar-refractivity contribution in [2.75, 3.05) is 25.9 Å². The fourth-order valence-electron chi connectivity index (χ4n) is 1.99. The van der Waals surface area contributed by atoms with Gasteiger partial charge in [0.1, 0.15) is 11.6 Å². The van der Waals surface area contributed by atoms with Crippen LogP contribution in [0.15, 0.2) is 23.2 Å². The van der Waals surface area contributed by atoms with Gasteiger partial charge < -0.3 is 15.4 Å². The Morgan fingerprint density at radius 1 is 1.47 bits per heavy atom. The summed E-state index contributed by atoms with van der Waals surface area (Å²) in [7, 11) is 2.04. The summed E-state index contributed by atoms with van der Waals surface area (Å²) in [4.78, 5) is 6.58. The molecule has 2 rings (SSSR count). The molecule has 4 heteroatoms. The van der Waals surface area contributed by atoms with Crippen molar-refractivity contribution in [3.05, 3.63) is 23.8 Å². The Morgan fingerprint density at radius 2 is 2.24 bits per heavy atom. The molecule has 0 saturated heterocycles. The first-order valence-electron chi connectivity index (χ1n) is 5.87. The maximum atomic E-state index is 5.93. The highest BCUT2D eigenvalue weighted by Gasteiger charge is 2.21. The van der Waals surface area contributed by atoms with Crippen LogP contribution in [-0.2, 0) is 0 Å². The lowest BCUT2D eigenvalue weighted by Gasteiger charge is -2.22. The molecule has 1 heterocycles. The molecule has 4 nitrogen and oxygen atoms in total. The average molecular weight is 233 g/mol. The quantitative estimate of drug-likeness (QED) is 0.808. The van der Waals surface area contributed by atoms with Crippen LogP contribution in [0.25, 0.3) is 0 Å². The number of anilines is 1. The molecule has 1 aliphatic heterocycles. The Bertz CT molecular complexity index is 442. The number of amidine groups is 1.